The summed E-state index contributed by atoms with van der Waals surface area (Å²) in [6.45, 7) is 0. The Bertz CT molecular complexity index is 2070. The lowest BCUT2D eigenvalue weighted by Crippen LogP contribution is -1.95. The van der Waals surface area contributed by atoms with E-state index >= 15 is 0 Å². The smallest absolute Gasteiger partial charge is 0.178 e. The quantitative estimate of drug-likeness (QED) is 0.249. The zero-order valence-corrected chi connectivity index (χ0v) is 20.3. The summed E-state index contributed by atoms with van der Waals surface area (Å²) in [5.41, 5.74) is 7.91. The molecular formula is C34H20N2O2. The molecule has 0 aliphatic carbocycles. The number of nitrogens with zero attached hydrogens (tertiary/aromatic N) is 2. The van der Waals surface area contributed by atoms with Crippen LogP contribution < -0.4 is 0 Å². The van der Waals surface area contributed by atoms with E-state index in [1.54, 1.807) is 0 Å². The summed E-state index contributed by atoms with van der Waals surface area (Å²) in [6.07, 6.45) is 0. The maximum Gasteiger partial charge on any atom is 0.178 e. The maximum absolute atomic E-state index is 6.44. The molecule has 0 saturated heterocycles. The Morgan fingerprint density at radius 1 is 0.395 bits per heavy atom. The van der Waals surface area contributed by atoms with E-state index in [1.807, 2.05) is 66.7 Å². The maximum atomic E-state index is 6.44. The Kier molecular flexibility index (Phi) is 4.49. The molecule has 4 heteroatoms. The summed E-state index contributed by atoms with van der Waals surface area (Å²) in [5, 5.41) is 4.21. The Labute approximate surface area is 217 Å². The third-order valence-corrected chi connectivity index (χ3v) is 7.11. The molecule has 178 valence electrons. The summed E-state index contributed by atoms with van der Waals surface area (Å²) >= 11 is 0. The Morgan fingerprint density at radius 2 is 0.921 bits per heavy atom. The van der Waals surface area contributed by atoms with Gasteiger partial charge in [-0.2, -0.15) is 0 Å². The van der Waals surface area contributed by atoms with E-state index in [9.17, 15) is 0 Å². The molecule has 0 atom stereocenters. The Hall–Kier alpha value is -5.22. The van der Waals surface area contributed by atoms with Crippen molar-refractivity contribution in [3.63, 3.8) is 0 Å². The van der Waals surface area contributed by atoms with Gasteiger partial charge in [-0.1, -0.05) is 84.9 Å². The van der Waals surface area contributed by atoms with E-state index in [0.717, 1.165) is 72.0 Å². The van der Waals surface area contributed by atoms with Gasteiger partial charge in [-0.25, -0.2) is 9.97 Å². The minimum absolute atomic E-state index is 0.654. The van der Waals surface area contributed by atoms with E-state index < -0.39 is 0 Å². The number of fused-ring (bicyclic) bond motifs is 7. The fourth-order valence-corrected chi connectivity index (χ4v) is 5.25. The molecule has 0 amide bonds. The van der Waals surface area contributed by atoms with Crippen LogP contribution in [0.4, 0.5) is 0 Å². The summed E-state index contributed by atoms with van der Waals surface area (Å²) in [6, 6.07) is 41.0. The number of hydrogen-bond donors (Lipinski definition) is 0. The Balaban J connectivity index is 1.33. The third kappa shape index (κ3) is 3.24. The number of para-hydroxylation sites is 1. The topological polar surface area (TPSA) is 52.1 Å². The predicted octanol–water partition coefficient (Wildman–Crippen LogP) is 9.28. The molecule has 3 aromatic heterocycles. The second kappa shape index (κ2) is 8.15. The zero-order chi connectivity index (χ0) is 25.1. The van der Waals surface area contributed by atoms with Crippen molar-refractivity contribution >= 4 is 43.9 Å². The van der Waals surface area contributed by atoms with E-state index in [1.165, 1.54) is 0 Å². The lowest BCUT2D eigenvalue weighted by Gasteiger charge is -2.09. The van der Waals surface area contributed by atoms with Gasteiger partial charge in [0.25, 0.3) is 0 Å². The monoisotopic (exact) mass is 488 g/mol. The van der Waals surface area contributed by atoms with Crippen molar-refractivity contribution in [2.45, 2.75) is 0 Å². The average Bonchev–Trinajstić information content (AvgIpc) is 3.56. The molecule has 0 fully saturated rings. The number of benzene rings is 5. The molecule has 4 nitrogen and oxygen atoms in total. The highest BCUT2D eigenvalue weighted by Crippen LogP contribution is 2.39. The van der Waals surface area contributed by atoms with Crippen LogP contribution in [0.2, 0.25) is 0 Å². The second-order valence-corrected chi connectivity index (χ2v) is 9.42. The van der Waals surface area contributed by atoms with Gasteiger partial charge in [0.05, 0.1) is 11.4 Å². The summed E-state index contributed by atoms with van der Waals surface area (Å²) in [5.74, 6) is 0.654. The van der Waals surface area contributed by atoms with Crippen molar-refractivity contribution in [3.05, 3.63) is 121 Å². The molecule has 3 heterocycles. The van der Waals surface area contributed by atoms with Gasteiger partial charge >= 0.3 is 0 Å². The van der Waals surface area contributed by atoms with Crippen molar-refractivity contribution < 1.29 is 8.83 Å². The van der Waals surface area contributed by atoms with Crippen LogP contribution in [0.3, 0.4) is 0 Å². The normalized spacial score (nSPS) is 11.7. The molecule has 0 aliphatic heterocycles. The molecular weight excluding hydrogens is 468 g/mol. The fourth-order valence-electron chi connectivity index (χ4n) is 5.25. The van der Waals surface area contributed by atoms with Crippen LogP contribution in [0.1, 0.15) is 0 Å². The number of aromatic nitrogens is 2. The SMILES string of the molecule is c1ccc(-c2cc(-c3ccccc3)nc(-c3ccc4c(c3)oc3c4ccc4c5ccccc5oc43)n2)cc1. The van der Waals surface area contributed by atoms with Crippen molar-refractivity contribution in [2.24, 2.45) is 0 Å². The average molecular weight is 489 g/mol. The molecule has 8 rings (SSSR count). The minimum Gasteiger partial charge on any atom is -0.452 e. The highest BCUT2D eigenvalue weighted by Gasteiger charge is 2.17. The molecule has 0 radical (unpaired) electrons. The van der Waals surface area contributed by atoms with Gasteiger partial charge in [0.1, 0.15) is 11.2 Å². The fraction of sp³-hybridized carbons (Fsp3) is 0. The van der Waals surface area contributed by atoms with Crippen LogP contribution in [-0.4, -0.2) is 9.97 Å². The van der Waals surface area contributed by atoms with Crippen LogP contribution in [0.25, 0.3) is 77.8 Å². The molecule has 0 aliphatic rings. The van der Waals surface area contributed by atoms with Crippen molar-refractivity contribution in [2.75, 3.05) is 0 Å². The van der Waals surface area contributed by atoms with Crippen molar-refractivity contribution in [1.82, 2.24) is 9.97 Å². The van der Waals surface area contributed by atoms with Crippen molar-refractivity contribution in [3.8, 4) is 33.9 Å². The first kappa shape index (κ1) is 20.9. The molecule has 0 N–H and O–H groups in total. The van der Waals surface area contributed by atoms with Gasteiger partial charge in [0.15, 0.2) is 17.0 Å². The van der Waals surface area contributed by atoms with E-state index in [-0.39, 0.29) is 0 Å². The number of furan rings is 2. The molecule has 8 aromatic rings. The third-order valence-electron chi connectivity index (χ3n) is 7.11. The summed E-state index contributed by atoms with van der Waals surface area (Å²) < 4.78 is 12.7. The zero-order valence-electron chi connectivity index (χ0n) is 20.3. The standard InChI is InChI=1S/C34H20N2O2/c1-3-9-21(10-4-1)28-20-29(22-11-5-2-6-12-22)36-34(35-28)23-15-16-25-27-18-17-26-24-13-7-8-14-30(24)37-32(26)33(27)38-31(25)19-23/h1-20H. The van der Waals surface area contributed by atoms with Crippen LogP contribution in [0.5, 0.6) is 0 Å². The summed E-state index contributed by atoms with van der Waals surface area (Å²) in [4.78, 5) is 9.94. The first-order valence-electron chi connectivity index (χ1n) is 12.6. The Morgan fingerprint density at radius 3 is 1.58 bits per heavy atom. The number of rotatable bonds is 3. The van der Waals surface area contributed by atoms with E-state index in [2.05, 4.69) is 54.6 Å². The van der Waals surface area contributed by atoms with Crippen LogP contribution in [-0.2, 0) is 0 Å². The van der Waals surface area contributed by atoms with E-state index in [4.69, 9.17) is 18.8 Å². The first-order chi connectivity index (χ1) is 18.8. The van der Waals surface area contributed by atoms with Crippen LogP contribution in [0.15, 0.2) is 130 Å². The molecule has 0 unspecified atom stereocenters. The first-order valence-corrected chi connectivity index (χ1v) is 12.6. The highest BCUT2D eigenvalue weighted by atomic mass is 16.4. The van der Waals surface area contributed by atoms with Gasteiger partial charge in [0, 0.05) is 38.2 Å². The molecule has 5 aromatic carbocycles. The minimum atomic E-state index is 0.654. The van der Waals surface area contributed by atoms with Gasteiger partial charge in [-0.15, -0.1) is 0 Å². The lowest BCUT2D eigenvalue weighted by atomic mass is 10.1. The number of hydrogen-bond acceptors (Lipinski definition) is 4. The van der Waals surface area contributed by atoms with E-state index in [0.29, 0.717) is 5.82 Å². The van der Waals surface area contributed by atoms with Gasteiger partial charge < -0.3 is 8.83 Å². The molecule has 0 bridgehead atoms. The van der Waals surface area contributed by atoms with Crippen LogP contribution in [0, 0.1) is 0 Å². The second-order valence-electron chi connectivity index (χ2n) is 9.42. The van der Waals surface area contributed by atoms with Crippen molar-refractivity contribution in [1.29, 1.82) is 0 Å². The molecule has 38 heavy (non-hydrogen) atoms. The van der Waals surface area contributed by atoms with Gasteiger partial charge in [-0.05, 0) is 36.4 Å². The lowest BCUT2D eigenvalue weighted by molar-refractivity contribution is 0.633. The molecule has 0 saturated carbocycles. The highest BCUT2D eigenvalue weighted by molar-refractivity contribution is 6.19. The van der Waals surface area contributed by atoms with Gasteiger partial charge in [-0.3, -0.25) is 0 Å². The van der Waals surface area contributed by atoms with Gasteiger partial charge in [0.2, 0.25) is 0 Å². The molecule has 0 spiro atoms. The van der Waals surface area contributed by atoms with Crippen LogP contribution >= 0.6 is 0 Å². The summed E-state index contributed by atoms with van der Waals surface area (Å²) in [7, 11) is 0. The largest absolute Gasteiger partial charge is 0.452 e. The predicted molar refractivity (Wildman–Crippen MR) is 153 cm³/mol.